The Kier molecular flexibility index (Phi) is 14.4. The number of hydrogen-bond donors (Lipinski definition) is 1. The molecule has 0 aliphatic rings. The van der Waals surface area contributed by atoms with Gasteiger partial charge in [0, 0.05) is 13.2 Å². The molecular formula is C21H52O5Si4. The largest absolute Gasteiger partial charge is 0.456 e. The van der Waals surface area contributed by atoms with Gasteiger partial charge in [0.2, 0.25) is 0 Å². The van der Waals surface area contributed by atoms with Gasteiger partial charge in [0.15, 0.2) is 33.3 Å². The molecule has 0 amide bonds. The van der Waals surface area contributed by atoms with Gasteiger partial charge in [0.1, 0.15) is 6.10 Å². The molecule has 30 heavy (non-hydrogen) atoms. The van der Waals surface area contributed by atoms with Crippen LogP contribution in [0.15, 0.2) is 0 Å². The van der Waals surface area contributed by atoms with Crippen LogP contribution in [0, 0.1) is 0 Å². The SMILES string of the molecule is C[Si](C)(C)O[Si](C)(C)CCCCOCC(O)COCCCC[Si](C)(C)O[Si](C)(C)C. The average molecular weight is 497 g/mol. The van der Waals surface area contributed by atoms with Crippen LogP contribution in [-0.4, -0.2) is 70.9 Å². The summed E-state index contributed by atoms with van der Waals surface area (Å²) in [6.45, 7) is 25.0. The Bertz CT molecular complexity index is 408. The summed E-state index contributed by atoms with van der Waals surface area (Å²) in [4.78, 5) is 0. The fourth-order valence-corrected chi connectivity index (χ4v) is 20.0. The maximum absolute atomic E-state index is 10.0. The first-order valence-corrected chi connectivity index (χ1v) is 24.8. The first kappa shape index (κ1) is 30.7. The summed E-state index contributed by atoms with van der Waals surface area (Å²) in [6.07, 6.45) is 3.79. The summed E-state index contributed by atoms with van der Waals surface area (Å²) in [5.74, 6) is 0. The lowest BCUT2D eigenvalue weighted by molar-refractivity contribution is -0.0197. The minimum absolute atomic E-state index is 0.357. The lowest BCUT2D eigenvalue weighted by atomic mass is 10.3. The molecule has 0 aromatic carbocycles. The van der Waals surface area contributed by atoms with Gasteiger partial charge in [-0.2, -0.15) is 0 Å². The van der Waals surface area contributed by atoms with Crippen LogP contribution in [0.2, 0.25) is 77.6 Å². The molecular weight excluding hydrogens is 445 g/mol. The second-order valence-corrected chi connectivity index (χ2v) is 29.8. The van der Waals surface area contributed by atoms with E-state index in [4.69, 9.17) is 17.7 Å². The Morgan fingerprint density at radius 3 is 1.20 bits per heavy atom. The number of unbranched alkanes of at least 4 members (excludes halogenated alkanes) is 2. The molecule has 0 aliphatic heterocycles. The molecule has 0 unspecified atom stereocenters. The molecule has 0 saturated carbocycles. The molecule has 5 nitrogen and oxygen atoms in total. The van der Waals surface area contributed by atoms with E-state index in [0.717, 1.165) is 25.7 Å². The van der Waals surface area contributed by atoms with Crippen molar-refractivity contribution in [1.82, 2.24) is 0 Å². The zero-order valence-electron chi connectivity index (χ0n) is 21.7. The zero-order chi connectivity index (χ0) is 23.5. The number of rotatable bonds is 18. The van der Waals surface area contributed by atoms with Gasteiger partial charge in [-0.3, -0.25) is 0 Å². The average Bonchev–Trinajstić information content (AvgIpc) is 2.49. The molecule has 9 heteroatoms. The third-order valence-corrected chi connectivity index (χ3v) is 16.9. The van der Waals surface area contributed by atoms with Crippen LogP contribution in [0.4, 0.5) is 0 Å². The van der Waals surface area contributed by atoms with Crippen LogP contribution in [0.5, 0.6) is 0 Å². The first-order chi connectivity index (χ1) is 13.5. The summed E-state index contributed by atoms with van der Waals surface area (Å²) in [5.41, 5.74) is 0. The van der Waals surface area contributed by atoms with Crippen LogP contribution < -0.4 is 0 Å². The normalized spacial score (nSPS) is 14.0. The van der Waals surface area contributed by atoms with Crippen molar-refractivity contribution in [3.8, 4) is 0 Å². The number of aliphatic hydroxyl groups is 1. The van der Waals surface area contributed by atoms with E-state index in [1.165, 1.54) is 12.1 Å². The molecule has 0 fully saturated rings. The van der Waals surface area contributed by atoms with Crippen molar-refractivity contribution >= 4 is 33.3 Å². The summed E-state index contributed by atoms with van der Waals surface area (Å²) in [7, 11) is -5.97. The van der Waals surface area contributed by atoms with Crippen LogP contribution in [0.25, 0.3) is 0 Å². The lowest BCUT2D eigenvalue weighted by Crippen LogP contribution is -2.42. The number of aliphatic hydroxyl groups excluding tert-OH is 1. The van der Waals surface area contributed by atoms with Crippen LogP contribution in [0.1, 0.15) is 25.7 Å². The van der Waals surface area contributed by atoms with Crippen molar-refractivity contribution in [3.63, 3.8) is 0 Å². The quantitative estimate of drug-likeness (QED) is 0.185. The maximum atomic E-state index is 10.0. The molecule has 182 valence electrons. The van der Waals surface area contributed by atoms with E-state index in [1.54, 1.807) is 0 Å². The van der Waals surface area contributed by atoms with Crippen molar-refractivity contribution in [1.29, 1.82) is 0 Å². The van der Waals surface area contributed by atoms with Gasteiger partial charge in [0.05, 0.1) is 13.2 Å². The fourth-order valence-electron chi connectivity index (χ4n) is 3.76. The topological polar surface area (TPSA) is 57.2 Å². The van der Waals surface area contributed by atoms with E-state index in [-0.39, 0.29) is 0 Å². The third kappa shape index (κ3) is 20.6. The van der Waals surface area contributed by atoms with Gasteiger partial charge in [-0.05, 0) is 90.4 Å². The predicted molar refractivity (Wildman–Crippen MR) is 140 cm³/mol. The summed E-state index contributed by atoms with van der Waals surface area (Å²) >= 11 is 0. The highest BCUT2D eigenvalue weighted by molar-refractivity contribution is 6.84. The van der Waals surface area contributed by atoms with E-state index in [9.17, 15) is 5.11 Å². The van der Waals surface area contributed by atoms with Crippen LogP contribution in [-0.2, 0) is 17.7 Å². The smallest absolute Gasteiger partial charge is 0.173 e. The standard InChI is InChI=1S/C21H52O5Si4/c1-27(2,3)25-29(7,8)17-13-11-15-23-19-21(22)20-24-16-12-14-18-30(9,10)26-28(4,5)6/h21-22H,11-20H2,1-10H3. The van der Waals surface area contributed by atoms with Gasteiger partial charge in [-0.15, -0.1) is 0 Å². The Labute approximate surface area is 191 Å². The molecule has 0 aromatic heterocycles. The molecule has 1 N–H and O–H groups in total. The first-order valence-electron chi connectivity index (χ1n) is 11.8. The molecule has 0 bridgehead atoms. The monoisotopic (exact) mass is 496 g/mol. The number of hydrogen-bond acceptors (Lipinski definition) is 5. The van der Waals surface area contributed by atoms with Crippen molar-refractivity contribution in [3.05, 3.63) is 0 Å². The molecule has 0 heterocycles. The van der Waals surface area contributed by atoms with Crippen molar-refractivity contribution < 1.29 is 22.8 Å². The van der Waals surface area contributed by atoms with E-state index in [2.05, 4.69) is 65.5 Å². The fraction of sp³-hybridized carbons (Fsp3) is 1.00. The lowest BCUT2D eigenvalue weighted by Gasteiger charge is -2.31. The Morgan fingerprint density at radius 1 is 0.567 bits per heavy atom. The van der Waals surface area contributed by atoms with E-state index in [0.29, 0.717) is 26.4 Å². The summed E-state index contributed by atoms with van der Waals surface area (Å²) in [5, 5.41) is 10.0. The molecule has 0 radical (unpaired) electrons. The van der Waals surface area contributed by atoms with Gasteiger partial charge >= 0.3 is 0 Å². The molecule has 0 aliphatic carbocycles. The predicted octanol–water partition coefficient (Wildman–Crippen LogP) is 6.05. The molecule has 0 aromatic rings. The van der Waals surface area contributed by atoms with Crippen molar-refractivity contribution in [2.75, 3.05) is 26.4 Å². The summed E-state index contributed by atoms with van der Waals surface area (Å²) < 4.78 is 24.0. The van der Waals surface area contributed by atoms with Crippen molar-refractivity contribution in [2.45, 2.75) is 109 Å². The molecule has 0 spiro atoms. The zero-order valence-corrected chi connectivity index (χ0v) is 25.7. The maximum Gasteiger partial charge on any atom is 0.173 e. The van der Waals surface area contributed by atoms with Gasteiger partial charge in [-0.25, -0.2) is 0 Å². The minimum Gasteiger partial charge on any atom is -0.456 e. The second kappa shape index (κ2) is 14.0. The Balaban J connectivity index is 3.66. The summed E-state index contributed by atoms with van der Waals surface area (Å²) in [6, 6.07) is 2.35. The number of ether oxygens (including phenoxy) is 2. The highest BCUT2D eigenvalue weighted by Crippen LogP contribution is 2.21. The van der Waals surface area contributed by atoms with E-state index < -0.39 is 39.4 Å². The third-order valence-electron chi connectivity index (χ3n) is 4.42. The van der Waals surface area contributed by atoms with Crippen LogP contribution in [0.3, 0.4) is 0 Å². The minimum atomic E-state index is -1.54. The van der Waals surface area contributed by atoms with E-state index in [1.807, 2.05) is 0 Å². The van der Waals surface area contributed by atoms with Gasteiger partial charge < -0.3 is 22.8 Å². The molecule has 0 atom stereocenters. The molecule has 0 saturated heterocycles. The Morgan fingerprint density at radius 2 is 0.900 bits per heavy atom. The highest BCUT2D eigenvalue weighted by atomic mass is 28.4. The van der Waals surface area contributed by atoms with Crippen LogP contribution >= 0.6 is 0 Å². The molecule has 0 rings (SSSR count). The highest BCUT2D eigenvalue weighted by Gasteiger charge is 2.29. The van der Waals surface area contributed by atoms with Gasteiger partial charge in [0.25, 0.3) is 0 Å². The Hall–Kier alpha value is 0.668. The van der Waals surface area contributed by atoms with Gasteiger partial charge in [-0.1, -0.05) is 12.8 Å². The second-order valence-electron chi connectivity index (χ2n) is 11.7. The van der Waals surface area contributed by atoms with E-state index >= 15 is 0 Å². The van der Waals surface area contributed by atoms with Crippen molar-refractivity contribution in [2.24, 2.45) is 0 Å².